The number of aliphatic imine (C=N–C) groups is 1. The number of carbonyl (C=O) groups excluding carboxylic acids is 4. The summed E-state index contributed by atoms with van der Waals surface area (Å²) in [4.78, 5) is 70.3. The highest BCUT2D eigenvalue weighted by Gasteiger charge is 2.45. The fourth-order valence-corrected chi connectivity index (χ4v) is 13.0. The van der Waals surface area contributed by atoms with Gasteiger partial charge in [0.2, 0.25) is 11.8 Å². The van der Waals surface area contributed by atoms with Crippen LogP contribution in [-0.2, 0) is 38.3 Å². The fraction of sp³-hybridized carbons (Fsp3) is 0.308. The van der Waals surface area contributed by atoms with Gasteiger partial charge in [-0.05, 0) is 99.4 Å². The van der Waals surface area contributed by atoms with E-state index in [4.69, 9.17) is 19.5 Å². The number of methoxy groups -OCH3 is 2. The number of aromatic hydroxyl groups is 2. The molecule has 0 bridgehead atoms. The zero-order valence-corrected chi connectivity index (χ0v) is 39.5. The van der Waals surface area contributed by atoms with E-state index in [0.29, 0.717) is 36.1 Å². The van der Waals surface area contributed by atoms with Crippen molar-refractivity contribution in [3.63, 3.8) is 0 Å². The van der Waals surface area contributed by atoms with Gasteiger partial charge in [-0.2, -0.15) is 0 Å². The van der Waals surface area contributed by atoms with E-state index in [0.717, 1.165) is 69.0 Å². The van der Waals surface area contributed by atoms with Gasteiger partial charge in [0.05, 0.1) is 52.0 Å². The number of ether oxygens (including phenoxy) is 2. The Hall–Kier alpha value is -7.46. The number of benzene rings is 5. The average molecular weight is 934 g/mol. The van der Waals surface area contributed by atoms with E-state index in [1.54, 1.807) is 42.6 Å². The number of alkyl carbamates (subject to hydrolysis) is 2. The molecule has 0 radical (unpaired) electrons. The fourth-order valence-electron chi connectivity index (χ4n) is 10.1. The van der Waals surface area contributed by atoms with Crippen LogP contribution in [0.4, 0.5) is 15.3 Å². The Morgan fingerprint density at radius 2 is 1.38 bits per heavy atom. The van der Waals surface area contributed by atoms with Gasteiger partial charge in [0.15, 0.2) is 0 Å². The molecule has 15 nitrogen and oxygen atoms in total. The van der Waals surface area contributed by atoms with Crippen LogP contribution in [0.5, 0.6) is 11.5 Å². The molecular weight excluding hydrogens is 879 g/mol. The monoisotopic (exact) mass is 933 g/mol. The third-order valence-electron chi connectivity index (χ3n) is 13.3. The van der Waals surface area contributed by atoms with Crippen molar-refractivity contribution in [3.05, 3.63) is 132 Å². The molecule has 0 unspecified atom stereocenters. The first-order valence-electron chi connectivity index (χ1n) is 22.9. The smallest absolute Gasteiger partial charge is 0.407 e. The first kappa shape index (κ1) is 45.7. The standard InChI is InChI=1S/C52H55N7O8Si/c1-66-51(64)56-43(24-31-8-5-10-37(60)22-31)49(62)58-21-7-12-46(58)42-27-40-39-19-17-35(26-36(39)18-20-41(40)54-42)33-13-15-34(16-14-33)45-28-53-48(55-45)47-29-68(3,4)30-59(47)50(63)44(57-52(65)67-2)25-32-9-6-11-38(61)23-32/h5-6,8-11,13-20,22-23,26,28,43-44,46-47,60-61H,7,12,21,24-25,27,29-30H2,1-4H3,(H,53,55)(H,56,64)(H,57,65)/t43-,44-,46-,47-/m0/s1. The summed E-state index contributed by atoms with van der Waals surface area (Å²) >= 11 is 0. The first-order chi connectivity index (χ1) is 32.7. The van der Waals surface area contributed by atoms with Gasteiger partial charge in [-0.25, -0.2) is 14.6 Å². The molecule has 4 atom stereocenters. The molecule has 350 valence electrons. The lowest BCUT2D eigenvalue weighted by molar-refractivity contribution is -0.134. The molecule has 4 amide bonds. The molecule has 6 aromatic rings. The van der Waals surface area contributed by atoms with Crippen LogP contribution in [0, 0.1) is 0 Å². The number of hydrogen-bond donors (Lipinski definition) is 5. The summed E-state index contributed by atoms with van der Waals surface area (Å²) in [6, 6.07) is 30.8. The van der Waals surface area contributed by atoms with Crippen LogP contribution in [0.15, 0.2) is 114 Å². The van der Waals surface area contributed by atoms with Crippen LogP contribution in [0.1, 0.15) is 41.4 Å². The number of likely N-dealkylation sites (tertiary alicyclic amines) is 1. The number of phenolic OH excluding ortho intramolecular Hbond substituents is 2. The van der Waals surface area contributed by atoms with Crippen LogP contribution in [0.3, 0.4) is 0 Å². The summed E-state index contributed by atoms with van der Waals surface area (Å²) in [5.41, 5.74) is 8.25. The molecule has 2 saturated heterocycles. The number of aromatic nitrogens is 2. The molecule has 5 N–H and O–H groups in total. The zero-order valence-electron chi connectivity index (χ0n) is 38.5. The van der Waals surface area contributed by atoms with E-state index in [1.807, 2.05) is 28.0 Å². The number of rotatable bonds is 12. The largest absolute Gasteiger partial charge is 0.508 e. The molecule has 3 aliphatic rings. The molecule has 1 aromatic heterocycles. The second kappa shape index (κ2) is 19.0. The molecule has 68 heavy (non-hydrogen) atoms. The molecule has 9 rings (SSSR count). The van der Waals surface area contributed by atoms with Crippen LogP contribution in [0.2, 0.25) is 19.1 Å². The molecule has 0 aliphatic carbocycles. The number of carbonyl (C=O) groups is 4. The topological polar surface area (TPSA) is 199 Å². The second-order valence-corrected chi connectivity index (χ2v) is 23.8. The molecule has 4 heterocycles. The van der Waals surface area contributed by atoms with Gasteiger partial charge in [-0.1, -0.05) is 79.8 Å². The van der Waals surface area contributed by atoms with Crippen LogP contribution >= 0.6 is 0 Å². The highest BCUT2D eigenvalue weighted by Crippen LogP contribution is 2.40. The summed E-state index contributed by atoms with van der Waals surface area (Å²) in [6.45, 7) is 5.04. The van der Waals surface area contributed by atoms with Crippen LogP contribution in [-0.4, -0.2) is 113 Å². The number of H-pyrrole nitrogens is 1. The van der Waals surface area contributed by atoms with Crippen molar-refractivity contribution in [2.45, 2.75) is 75.4 Å². The molecule has 2 fully saturated rings. The quantitative estimate of drug-likeness (QED) is 0.0755. The summed E-state index contributed by atoms with van der Waals surface area (Å²) < 4.78 is 9.74. The average Bonchev–Trinajstić information content (AvgIpc) is 4.16. The summed E-state index contributed by atoms with van der Waals surface area (Å²) in [7, 11) is 0.665. The van der Waals surface area contributed by atoms with Crippen molar-refractivity contribution in [1.82, 2.24) is 30.4 Å². The van der Waals surface area contributed by atoms with E-state index >= 15 is 0 Å². The lowest BCUT2D eigenvalue weighted by Crippen LogP contribution is -2.52. The zero-order chi connectivity index (χ0) is 47.7. The Morgan fingerprint density at radius 1 is 0.765 bits per heavy atom. The van der Waals surface area contributed by atoms with Crippen molar-refractivity contribution in [1.29, 1.82) is 0 Å². The summed E-state index contributed by atoms with van der Waals surface area (Å²) in [5.74, 6) is 0.416. The summed E-state index contributed by atoms with van der Waals surface area (Å²) in [6.07, 6.45) is 3.59. The number of imidazole rings is 1. The van der Waals surface area contributed by atoms with Crippen molar-refractivity contribution < 1.29 is 38.9 Å². The third kappa shape index (κ3) is 9.67. The highest BCUT2D eigenvalue weighted by atomic mass is 28.3. The maximum Gasteiger partial charge on any atom is 0.407 e. The van der Waals surface area contributed by atoms with E-state index in [-0.39, 0.29) is 48.2 Å². The number of aromatic amines is 1. The van der Waals surface area contributed by atoms with Gasteiger partial charge in [0, 0.05) is 37.7 Å². The maximum absolute atomic E-state index is 14.3. The lowest BCUT2D eigenvalue weighted by atomic mass is 9.94. The van der Waals surface area contributed by atoms with Crippen molar-refractivity contribution in [3.8, 4) is 33.9 Å². The van der Waals surface area contributed by atoms with Crippen molar-refractivity contribution >= 4 is 54.2 Å². The SMILES string of the molecule is COC(=O)N[C@@H](Cc1cccc(O)c1)C(=O)N1CCC[C@H]1C1=Nc2ccc3cc(-c4ccc(-c5cnc([C@@H]6C[Si](C)(C)CN6C(=O)[C@H](Cc6cccc(O)c6)NC(=O)OC)[nH]5)cc4)ccc3c2C1. The highest BCUT2D eigenvalue weighted by molar-refractivity contribution is 6.78. The van der Waals surface area contributed by atoms with Gasteiger partial charge in [-0.3, -0.25) is 14.6 Å². The molecular formula is C52H55N7O8Si. The first-order valence-corrected chi connectivity index (χ1v) is 26.3. The molecule has 3 aliphatic heterocycles. The van der Waals surface area contributed by atoms with Gasteiger partial charge >= 0.3 is 12.2 Å². The third-order valence-corrected chi connectivity index (χ3v) is 16.0. The Labute approximate surface area is 395 Å². The van der Waals surface area contributed by atoms with Gasteiger partial charge in [-0.15, -0.1) is 0 Å². The molecule has 0 spiro atoms. The Balaban J connectivity index is 0.888. The lowest BCUT2D eigenvalue weighted by Gasteiger charge is -2.29. The minimum atomic E-state index is -1.87. The van der Waals surface area contributed by atoms with E-state index in [2.05, 4.69) is 77.2 Å². The van der Waals surface area contributed by atoms with Gasteiger partial charge in [0.1, 0.15) is 29.4 Å². The van der Waals surface area contributed by atoms with E-state index in [9.17, 15) is 29.4 Å². The normalized spacial score (nSPS) is 18.1. The predicted molar refractivity (Wildman–Crippen MR) is 262 cm³/mol. The minimum Gasteiger partial charge on any atom is -0.508 e. The number of hydrogen-bond acceptors (Lipinski definition) is 10. The number of amides is 4. The number of fused-ring (bicyclic) bond motifs is 3. The molecule has 5 aromatic carbocycles. The van der Waals surface area contributed by atoms with E-state index in [1.165, 1.54) is 14.2 Å². The van der Waals surface area contributed by atoms with Crippen molar-refractivity contribution in [2.24, 2.45) is 4.99 Å². The van der Waals surface area contributed by atoms with Gasteiger partial charge in [0.25, 0.3) is 0 Å². The second-order valence-electron chi connectivity index (χ2n) is 18.7. The molecule has 16 heteroatoms. The van der Waals surface area contributed by atoms with E-state index < -0.39 is 32.3 Å². The number of nitrogens with zero attached hydrogens (tertiary/aromatic N) is 4. The van der Waals surface area contributed by atoms with Crippen molar-refractivity contribution in [2.75, 3.05) is 26.9 Å². The Bertz CT molecular complexity index is 2940. The Kier molecular flexibility index (Phi) is 12.8. The van der Waals surface area contributed by atoms with Gasteiger partial charge < -0.3 is 45.1 Å². The van der Waals surface area contributed by atoms with Crippen LogP contribution < -0.4 is 10.6 Å². The van der Waals surface area contributed by atoms with Crippen LogP contribution in [0.25, 0.3) is 33.2 Å². The summed E-state index contributed by atoms with van der Waals surface area (Å²) in [5, 5.41) is 27.8. The maximum atomic E-state index is 14.3. The molecule has 0 saturated carbocycles. The Morgan fingerprint density at radius 3 is 2.01 bits per heavy atom. The predicted octanol–water partition coefficient (Wildman–Crippen LogP) is 7.99. The minimum absolute atomic E-state index is 0.0813. The number of phenols is 2. The number of nitrogens with one attached hydrogen (secondary N) is 3.